The van der Waals surface area contributed by atoms with Crippen molar-refractivity contribution in [2.75, 3.05) is 104 Å². The molecule has 0 spiro atoms. The number of carbonyl (C=O) groups is 15. The van der Waals surface area contributed by atoms with E-state index in [1.54, 1.807) is 93.7 Å². The summed E-state index contributed by atoms with van der Waals surface area (Å²) in [5.41, 5.74) is 3.06. The summed E-state index contributed by atoms with van der Waals surface area (Å²) in [6.45, 7) is 38.5. The fraction of sp³-hybridized carbons (Fsp3) is 0.796. The number of nitrogens with one attached hydrogen (secondary N) is 4. The van der Waals surface area contributed by atoms with E-state index in [-0.39, 0.29) is 111 Å². The standard InChI is InChI=1S/C64H115N11O14.C44H69N5O10/c1-24-26-27-42(15)54(78)53-58(82)66-44(25-2)59(83)69(17)34-50(77)70(18)46(30-36(3)4)57(81)68-51(40(11)12)63(87)71(19)47(31-37(5)6)56(80)65-43(16)55(79)67-45(35-89-29-28-76)60(84)72(20)48(32-38(7)8)61(85)73(21)49(33-39(9)10)62(86)74(22)52(41(13)14)64(88)75(53)23;1-10-31-21-26(2)20-27(3)22-38(56-8)40-39(57-9)23-28(4)44(54,59-40)41(51)42(52)48-19-12-11-14-34(48)43(53)58-36(16-13-15-35(31)50)30(6)29(5)32-17-18-33(37(24-32)55-7)49-46-25-45-47-49/h24,26,36-49,51-54,76,78H,25,27-35H2,1-23H3,(H,65,80)(H,66,82)(H,67,79)(H,68,81);21,25,27-28,31-34,36-40,54H,10-20,22-24H2,1-9H3/b26-24+;26-21+,30-29+. The summed E-state index contributed by atoms with van der Waals surface area (Å²) >= 11 is 0. The first kappa shape index (κ1) is 129. The Morgan fingerprint density at radius 3 is 1.67 bits per heavy atom. The predicted molar refractivity (Wildman–Crippen MR) is 558 cm³/mol. The van der Waals surface area contributed by atoms with Gasteiger partial charge in [-0.1, -0.05) is 147 Å². The SMILES string of the molecule is C/C=C/CC(C)C(O)C1C(=O)NC(CC)C(=O)N(C)CC(=O)N(C)C(CC(C)C)C(=O)NC(C(C)C)C(=O)N(C)C(CC(C)C)C(=O)NC(C)C(=O)NC(COCCO)C(=O)N(C)C(CC(C)C)C(=O)N(C)C(CC(C)C)C(=O)N(C)C(C(C)C)C(=O)N1C.CCC1/C=C(\C)CC(C)CC(OC)C2OC(O)(C(=O)C(=O)N3CCCCC3C(=O)OC(/C(C)=C(\C)C3CCC(n4ncnn4)C(OC)C3)CCCC1=O)C(C)CC2OC. The van der Waals surface area contributed by atoms with Crippen molar-refractivity contribution >= 4 is 88.4 Å². The van der Waals surface area contributed by atoms with Crippen molar-refractivity contribution in [3.05, 3.63) is 41.3 Å². The van der Waals surface area contributed by atoms with E-state index >= 15 is 14.4 Å². The van der Waals surface area contributed by atoms with Gasteiger partial charge in [0.15, 0.2) is 6.33 Å². The summed E-state index contributed by atoms with van der Waals surface area (Å²) in [5.74, 6) is -16.3. The lowest BCUT2D eigenvalue weighted by atomic mass is 9.78. The Morgan fingerprint density at radius 2 is 1.13 bits per heavy atom. The number of tetrazole rings is 1. The molecule has 1 saturated carbocycles. The Kier molecular flexibility index (Phi) is 52.8. The predicted octanol–water partition coefficient (Wildman–Crippen LogP) is 7.77. The first-order chi connectivity index (χ1) is 69.4. The molecule has 1 aromatic rings. The highest BCUT2D eigenvalue weighted by Gasteiger charge is 2.58. The number of allylic oxidation sites excluding steroid dienone is 5. The third-order valence-electron chi connectivity index (χ3n) is 30.2. The van der Waals surface area contributed by atoms with Gasteiger partial charge in [0, 0.05) is 95.5 Å². The normalized spacial score (nSPS) is 30.8. The van der Waals surface area contributed by atoms with Crippen LogP contribution in [0, 0.1) is 65.1 Å². The highest BCUT2D eigenvalue weighted by molar-refractivity contribution is 6.39. The number of nitrogens with zero attached hydrogens (tertiary/aromatic N) is 12. The number of hydrogen-bond donors (Lipinski definition) is 7. The third kappa shape index (κ3) is 35.0. The van der Waals surface area contributed by atoms with E-state index in [0.29, 0.717) is 70.6 Å². The molecular weight excluding hydrogens is 1910 g/mol. The van der Waals surface area contributed by atoms with E-state index < -0.39 is 229 Å². The molecule has 1 aliphatic carbocycles. The van der Waals surface area contributed by atoms with Gasteiger partial charge in [-0.25, -0.2) is 4.79 Å². The molecule has 24 atom stereocenters. The van der Waals surface area contributed by atoms with Crippen molar-refractivity contribution in [2.45, 2.75) is 389 Å². The average molecular weight is 2090 g/mol. The van der Waals surface area contributed by atoms with Gasteiger partial charge in [-0.05, 0) is 214 Å². The number of Topliss-reactive ketones (excluding diaryl/α,β-unsaturated/α-hetero) is 2. The molecule has 12 amide bonds. The first-order valence-corrected chi connectivity index (χ1v) is 53.6. The van der Waals surface area contributed by atoms with Gasteiger partial charge in [-0.2, -0.15) is 4.80 Å². The molecule has 148 heavy (non-hydrogen) atoms. The summed E-state index contributed by atoms with van der Waals surface area (Å²) in [6.07, 6.45) is 10.7. The number of piperidine rings is 1. The van der Waals surface area contributed by atoms with E-state index in [4.69, 9.17) is 28.4 Å². The van der Waals surface area contributed by atoms with Crippen molar-refractivity contribution in [1.29, 1.82) is 0 Å². The monoisotopic (exact) mass is 2090 g/mol. The summed E-state index contributed by atoms with van der Waals surface area (Å²) in [7, 11) is 14.6. The minimum absolute atomic E-state index is 0.00958. The number of likely N-dealkylation sites (N-methyl/N-ethyl adjacent to an activating group) is 7. The van der Waals surface area contributed by atoms with Crippen LogP contribution in [0.2, 0.25) is 0 Å². The molecule has 4 aliphatic heterocycles. The van der Waals surface area contributed by atoms with Crippen molar-refractivity contribution in [3.63, 3.8) is 0 Å². The maximum atomic E-state index is 15.2. The number of aromatic nitrogens is 4. The molecule has 0 radical (unpaired) electrons. The number of aliphatic hydroxyl groups excluding tert-OH is 2. The Bertz CT molecular complexity index is 4620. The lowest BCUT2D eigenvalue weighted by molar-refractivity contribution is -0.302. The van der Waals surface area contributed by atoms with Crippen LogP contribution in [0.3, 0.4) is 0 Å². The van der Waals surface area contributed by atoms with Gasteiger partial charge in [-0.15, -0.1) is 10.2 Å². The number of esters is 1. The molecule has 1 aromatic heterocycles. The second-order valence-electron chi connectivity index (χ2n) is 44.4. The van der Waals surface area contributed by atoms with E-state index in [2.05, 4.69) is 56.6 Å². The van der Waals surface area contributed by atoms with E-state index in [9.17, 15) is 72.9 Å². The number of carbonyl (C=O) groups excluding carboxylic acids is 15. The number of cyclic esters (lactones) is 1. The van der Waals surface area contributed by atoms with Crippen LogP contribution in [0.1, 0.15) is 280 Å². The number of rotatable bonds is 26. The van der Waals surface area contributed by atoms with Crippen LogP contribution in [0.4, 0.5) is 0 Å². The van der Waals surface area contributed by atoms with Gasteiger partial charge in [0.2, 0.25) is 70.8 Å². The molecule has 40 heteroatoms. The molecule has 2 bridgehead atoms. The highest BCUT2D eigenvalue weighted by Crippen LogP contribution is 2.42. The second-order valence-corrected chi connectivity index (χ2v) is 44.4. The third-order valence-corrected chi connectivity index (χ3v) is 30.2. The molecule has 3 saturated heterocycles. The molecule has 840 valence electrons. The molecular formula is C108H184N16O24. The maximum Gasteiger partial charge on any atom is 0.329 e. The summed E-state index contributed by atoms with van der Waals surface area (Å²) in [4.78, 5) is 229. The zero-order valence-electron chi connectivity index (χ0n) is 94.8. The number of fused-ring (bicyclic) bond motifs is 3. The van der Waals surface area contributed by atoms with Gasteiger partial charge >= 0.3 is 5.97 Å². The molecule has 7 N–H and O–H groups in total. The van der Waals surface area contributed by atoms with Crippen LogP contribution in [-0.2, 0) is 100 Å². The van der Waals surface area contributed by atoms with Gasteiger partial charge < -0.3 is 104 Å². The van der Waals surface area contributed by atoms with E-state index in [0.717, 1.165) is 39.4 Å². The topological polar surface area (TPSA) is 490 Å². The molecule has 4 fully saturated rings. The second kappa shape index (κ2) is 60.6. The van der Waals surface area contributed by atoms with Crippen LogP contribution in [0.25, 0.3) is 0 Å². The fourth-order valence-electron chi connectivity index (χ4n) is 20.9. The number of hydrogen-bond acceptors (Lipinski definition) is 27. The van der Waals surface area contributed by atoms with E-state index in [1.165, 1.54) is 92.0 Å². The minimum Gasteiger partial charge on any atom is -0.456 e. The number of ether oxygens (including phenoxy) is 6. The average Bonchev–Trinajstić information content (AvgIpc) is 0.785. The molecule has 40 nitrogen and oxygen atoms in total. The lowest BCUT2D eigenvalue weighted by Crippen LogP contribution is -2.64. The maximum absolute atomic E-state index is 15.2. The Labute approximate surface area is 879 Å². The van der Waals surface area contributed by atoms with Crippen molar-refractivity contribution in [3.8, 4) is 0 Å². The quantitative estimate of drug-likeness (QED) is 0.0201. The van der Waals surface area contributed by atoms with Crippen LogP contribution in [-0.4, -0.2) is 376 Å². The summed E-state index contributed by atoms with van der Waals surface area (Å²) in [6, 6.07) is -14.1. The lowest BCUT2D eigenvalue weighted by Gasteiger charge is -2.47. The number of aliphatic hydroxyl groups is 3. The van der Waals surface area contributed by atoms with Crippen molar-refractivity contribution < 1.29 is 116 Å². The van der Waals surface area contributed by atoms with Gasteiger partial charge in [0.25, 0.3) is 11.7 Å². The zero-order chi connectivity index (χ0) is 112. The molecule has 5 heterocycles. The Balaban J connectivity index is 0.000000561. The summed E-state index contributed by atoms with van der Waals surface area (Å²) < 4.78 is 36.0. The fourth-order valence-corrected chi connectivity index (χ4v) is 20.9. The van der Waals surface area contributed by atoms with Crippen LogP contribution >= 0.6 is 0 Å². The van der Waals surface area contributed by atoms with Gasteiger partial charge in [0.05, 0.1) is 56.8 Å². The number of ketones is 2. The van der Waals surface area contributed by atoms with Gasteiger partial charge in [0.1, 0.15) is 84.5 Å². The van der Waals surface area contributed by atoms with Crippen LogP contribution in [0.5, 0.6) is 0 Å². The highest BCUT2D eigenvalue weighted by atomic mass is 16.7. The van der Waals surface area contributed by atoms with Crippen LogP contribution < -0.4 is 21.3 Å². The Hall–Kier alpha value is -9.58. The molecule has 24 unspecified atom stereocenters. The number of methoxy groups -OCH3 is 3. The smallest absolute Gasteiger partial charge is 0.329 e. The van der Waals surface area contributed by atoms with E-state index in [1.807, 2.05) is 76.2 Å². The summed E-state index contributed by atoms with van der Waals surface area (Å²) in [5, 5.41) is 57.1. The minimum atomic E-state index is -2.46. The largest absolute Gasteiger partial charge is 0.456 e. The van der Waals surface area contributed by atoms with Crippen molar-refractivity contribution in [1.82, 2.24) is 80.7 Å². The molecule has 5 aliphatic rings. The Morgan fingerprint density at radius 1 is 0.581 bits per heavy atom. The molecule has 0 aromatic carbocycles. The first-order valence-electron chi connectivity index (χ1n) is 53.6. The molecule has 6 rings (SSSR count). The van der Waals surface area contributed by atoms with Crippen LogP contribution in [0.15, 0.2) is 41.3 Å². The van der Waals surface area contributed by atoms with Crippen molar-refractivity contribution in [2.24, 2.45) is 65.1 Å². The van der Waals surface area contributed by atoms with Gasteiger partial charge in [-0.3, -0.25) is 67.1 Å². The number of amides is 12. The zero-order valence-corrected chi connectivity index (χ0v) is 94.8.